The monoisotopic (exact) mass is 556 g/mol. The molecular weight excluding hydrogens is 526 g/mol. The molecule has 0 radical (unpaired) electrons. The number of imidazole rings is 1. The molecule has 12 nitrogen and oxygen atoms in total. The number of rotatable bonds is 11. The fourth-order valence-electron chi connectivity index (χ4n) is 5.02. The third-order valence-electron chi connectivity index (χ3n) is 7.15. The Hall–Kier alpha value is -4.97. The van der Waals surface area contributed by atoms with Crippen molar-refractivity contribution in [2.75, 3.05) is 11.9 Å². The summed E-state index contributed by atoms with van der Waals surface area (Å²) in [6, 6.07) is 15.2. The van der Waals surface area contributed by atoms with E-state index in [4.69, 9.17) is 10.5 Å². The number of aryl methyl sites for hydroxylation is 1. The van der Waals surface area contributed by atoms with Crippen LogP contribution in [0.4, 0.5) is 5.82 Å². The van der Waals surface area contributed by atoms with E-state index in [1.807, 2.05) is 6.07 Å². The zero-order valence-electron chi connectivity index (χ0n) is 22.4. The molecule has 210 valence electrons. The molecule has 2 aromatic heterocycles. The number of H-pyrrole nitrogens is 2. The van der Waals surface area contributed by atoms with Gasteiger partial charge in [-0.15, -0.1) is 0 Å². The lowest BCUT2D eigenvalue weighted by atomic mass is 9.74. The summed E-state index contributed by atoms with van der Waals surface area (Å²) in [5.74, 6) is -0.877. The maximum atomic E-state index is 13.9. The SMILES string of the molecule is CC(CCCc1nc(NC(=O)c2ccccc2)c2[nH]c[nH+]c2n1)(CC1NCC(=O)O1)C(=O)c1ccccc1C(N)=O. The lowest BCUT2D eigenvalue weighted by Gasteiger charge is -2.30. The predicted octanol–water partition coefficient (Wildman–Crippen LogP) is 2.20. The molecule has 1 aliphatic heterocycles. The maximum Gasteiger partial charge on any atom is 0.321 e. The topological polar surface area (TPSA) is 183 Å². The van der Waals surface area contributed by atoms with Gasteiger partial charge in [0.05, 0.1) is 6.54 Å². The van der Waals surface area contributed by atoms with Gasteiger partial charge in [-0.2, -0.15) is 4.98 Å². The van der Waals surface area contributed by atoms with Gasteiger partial charge in [0, 0.05) is 34.9 Å². The number of amides is 2. The average molecular weight is 557 g/mol. The van der Waals surface area contributed by atoms with Gasteiger partial charge < -0.3 is 15.8 Å². The van der Waals surface area contributed by atoms with E-state index in [0.29, 0.717) is 47.6 Å². The first-order chi connectivity index (χ1) is 19.7. The van der Waals surface area contributed by atoms with E-state index in [1.54, 1.807) is 55.7 Å². The molecule has 4 aromatic rings. The molecule has 1 saturated heterocycles. The Morgan fingerprint density at radius 2 is 1.83 bits per heavy atom. The van der Waals surface area contributed by atoms with E-state index in [2.05, 4.69) is 30.6 Å². The van der Waals surface area contributed by atoms with Crippen molar-refractivity contribution in [3.05, 3.63) is 83.4 Å². The highest BCUT2D eigenvalue weighted by atomic mass is 16.6. The second-order valence-corrected chi connectivity index (χ2v) is 10.2. The number of fused-ring (bicyclic) bond motifs is 1. The van der Waals surface area contributed by atoms with Crippen LogP contribution in [0.25, 0.3) is 11.2 Å². The Morgan fingerprint density at radius 1 is 1.10 bits per heavy atom. The van der Waals surface area contributed by atoms with Crippen LogP contribution in [0.3, 0.4) is 0 Å². The van der Waals surface area contributed by atoms with E-state index in [-0.39, 0.29) is 35.8 Å². The molecule has 2 aromatic carbocycles. The zero-order valence-corrected chi connectivity index (χ0v) is 22.4. The van der Waals surface area contributed by atoms with Gasteiger partial charge in [-0.1, -0.05) is 48.3 Å². The van der Waals surface area contributed by atoms with Gasteiger partial charge in [-0.25, -0.2) is 4.98 Å². The number of anilines is 1. The molecule has 0 bridgehead atoms. The Balaban J connectivity index is 1.37. The number of hydrogen-bond acceptors (Lipinski definition) is 8. The second kappa shape index (κ2) is 11.6. The highest BCUT2D eigenvalue weighted by Crippen LogP contribution is 2.36. The Labute approximate surface area is 235 Å². The summed E-state index contributed by atoms with van der Waals surface area (Å²) in [7, 11) is 0. The molecule has 2 atom stereocenters. The van der Waals surface area contributed by atoms with Crippen LogP contribution in [0.1, 0.15) is 63.1 Å². The largest absolute Gasteiger partial charge is 0.446 e. The molecule has 5 rings (SSSR count). The molecule has 2 amide bonds. The number of ether oxygens (including phenoxy) is 1. The number of Topliss-reactive ketones (excluding diaryl/α,β-unsaturated/α-hetero) is 1. The average Bonchev–Trinajstić information content (AvgIpc) is 3.61. The van der Waals surface area contributed by atoms with Crippen LogP contribution in [0.5, 0.6) is 0 Å². The fourth-order valence-corrected chi connectivity index (χ4v) is 5.02. The van der Waals surface area contributed by atoms with E-state index < -0.39 is 23.5 Å². The summed E-state index contributed by atoms with van der Waals surface area (Å²) < 4.78 is 5.35. The lowest BCUT2D eigenvalue weighted by Crippen LogP contribution is -2.37. The Bertz CT molecular complexity index is 1620. The number of cyclic esters (lactones) is 1. The first-order valence-electron chi connectivity index (χ1n) is 13.2. The lowest BCUT2D eigenvalue weighted by molar-refractivity contribution is -0.347. The highest BCUT2D eigenvalue weighted by Gasteiger charge is 2.40. The van der Waals surface area contributed by atoms with Crippen LogP contribution in [0.2, 0.25) is 0 Å². The standard InChI is InChI=1S/C29H29N7O5/c1-29(14-21-31-15-22(37)41-21,24(38)18-10-5-6-11-19(18)25(30)39)13-7-12-20-34-26-23(32-16-33-26)27(35-20)36-28(40)17-8-3-2-4-9-17/h2-6,8-11,16,21,31H,7,12-15H2,1H3,(H2,30,39)(H2,32,33,34,35,36,40)/p+1. The van der Waals surface area contributed by atoms with E-state index in [0.717, 1.165) is 0 Å². The van der Waals surface area contributed by atoms with Crippen molar-refractivity contribution in [2.24, 2.45) is 11.1 Å². The number of nitrogens with one attached hydrogen (secondary N) is 4. The van der Waals surface area contributed by atoms with Crippen LogP contribution in [-0.4, -0.2) is 51.3 Å². The molecule has 6 N–H and O–H groups in total. The minimum atomic E-state index is -1.01. The van der Waals surface area contributed by atoms with Crippen LogP contribution in [0, 0.1) is 5.41 Å². The number of carbonyl (C=O) groups is 4. The van der Waals surface area contributed by atoms with Gasteiger partial charge in [0.2, 0.25) is 17.2 Å². The molecule has 12 heteroatoms. The number of carbonyl (C=O) groups excluding carboxylic acids is 4. The summed E-state index contributed by atoms with van der Waals surface area (Å²) in [6.45, 7) is 1.85. The number of aromatic amines is 2. The van der Waals surface area contributed by atoms with E-state index >= 15 is 0 Å². The Morgan fingerprint density at radius 3 is 2.54 bits per heavy atom. The fraction of sp³-hybridized carbons (Fsp3) is 0.276. The van der Waals surface area contributed by atoms with Gasteiger partial charge in [0.1, 0.15) is 0 Å². The van der Waals surface area contributed by atoms with Gasteiger partial charge in [0.15, 0.2) is 24.2 Å². The number of aromatic nitrogens is 4. The summed E-state index contributed by atoms with van der Waals surface area (Å²) >= 11 is 0. The molecule has 1 fully saturated rings. The number of primary amides is 1. The Kier molecular flexibility index (Phi) is 7.83. The molecule has 2 unspecified atom stereocenters. The van der Waals surface area contributed by atoms with Crippen LogP contribution >= 0.6 is 0 Å². The maximum absolute atomic E-state index is 13.9. The van der Waals surface area contributed by atoms with E-state index in [1.165, 1.54) is 6.07 Å². The summed E-state index contributed by atoms with van der Waals surface area (Å²) in [4.78, 5) is 65.7. The summed E-state index contributed by atoms with van der Waals surface area (Å²) in [6.07, 6.45) is 2.42. The van der Waals surface area contributed by atoms with Gasteiger partial charge in [-0.3, -0.25) is 29.5 Å². The van der Waals surface area contributed by atoms with Gasteiger partial charge >= 0.3 is 11.6 Å². The van der Waals surface area contributed by atoms with E-state index in [9.17, 15) is 19.2 Å². The van der Waals surface area contributed by atoms with Crippen molar-refractivity contribution >= 4 is 40.5 Å². The third kappa shape index (κ3) is 6.12. The normalized spacial score (nSPS) is 16.2. The van der Waals surface area contributed by atoms with Crippen molar-refractivity contribution in [3.63, 3.8) is 0 Å². The minimum absolute atomic E-state index is 0.0608. The molecule has 1 aliphatic rings. The van der Waals surface area contributed by atoms with Gasteiger partial charge in [-0.05, 0) is 31.0 Å². The van der Waals surface area contributed by atoms with Crippen molar-refractivity contribution in [3.8, 4) is 0 Å². The number of ketones is 1. The first-order valence-corrected chi connectivity index (χ1v) is 13.2. The van der Waals surface area contributed by atoms with Crippen molar-refractivity contribution in [1.82, 2.24) is 20.3 Å². The quantitative estimate of drug-likeness (QED) is 0.160. The third-order valence-corrected chi connectivity index (χ3v) is 7.15. The molecular formula is C29H30N7O5+. The summed E-state index contributed by atoms with van der Waals surface area (Å²) in [5.41, 5.74) is 6.46. The van der Waals surface area contributed by atoms with Crippen LogP contribution < -0.4 is 21.4 Å². The number of benzene rings is 2. The van der Waals surface area contributed by atoms with Crippen molar-refractivity contribution < 1.29 is 28.9 Å². The highest BCUT2D eigenvalue weighted by molar-refractivity contribution is 6.09. The minimum Gasteiger partial charge on any atom is -0.446 e. The van der Waals surface area contributed by atoms with Crippen LogP contribution in [0.15, 0.2) is 60.9 Å². The predicted molar refractivity (Wildman–Crippen MR) is 148 cm³/mol. The second-order valence-electron chi connectivity index (χ2n) is 10.2. The molecule has 41 heavy (non-hydrogen) atoms. The molecule has 3 heterocycles. The number of nitrogens with zero attached hydrogens (tertiary/aromatic N) is 2. The summed E-state index contributed by atoms with van der Waals surface area (Å²) in [5, 5.41) is 5.83. The zero-order chi connectivity index (χ0) is 29.0. The van der Waals surface area contributed by atoms with Crippen molar-refractivity contribution in [2.45, 2.75) is 38.8 Å². The molecule has 0 saturated carbocycles. The van der Waals surface area contributed by atoms with Crippen molar-refractivity contribution in [1.29, 1.82) is 0 Å². The smallest absolute Gasteiger partial charge is 0.321 e. The van der Waals surface area contributed by atoms with Gasteiger partial charge in [0.25, 0.3) is 5.91 Å². The number of hydrogen-bond donors (Lipinski definition) is 4. The van der Waals surface area contributed by atoms with Crippen LogP contribution in [-0.2, 0) is 16.0 Å². The molecule has 0 spiro atoms. The molecule has 0 aliphatic carbocycles. The number of esters is 1. The number of nitrogens with two attached hydrogens (primary N) is 1. The first kappa shape index (κ1) is 27.6.